The van der Waals surface area contributed by atoms with Crippen LogP contribution in [-0.4, -0.2) is 61.6 Å². The molecular formula is C26H31ClN2O7S. The topological polar surface area (TPSA) is 138 Å². The molecule has 4 rings (SSSR count). The number of amides is 1. The molecule has 2 aromatic carbocycles. The Balaban J connectivity index is 0.000000220. The van der Waals surface area contributed by atoms with Gasteiger partial charge in [0.25, 0.3) is 5.91 Å². The average molecular weight is 551 g/mol. The molecule has 200 valence electrons. The fourth-order valence-corrected chi connectivity index (χ4v) is 6.69. The maximum Gasteiger partial charge on any atom is 0.327 e. The van der Waals surface area contributed by atoms with Crippen molar-refractivity contribution in [1.82, 2.24) is 4.57 Å². The number of fused-ring (bicyclic) bond motifs is 1. The highest BCUT2D eigenvalue weighted by atomic mass is 35.5. The third kappa shape index (κ3) is 5.67. The molecule has 0 radical (unpaired) electrons. The number of sulfone groups is 1. The second-order valence-electron chi connectivity index (χ2n) is 8.85. The standard InChI is InChI=1S/C15H20O6S.C11H11ClN2O/c1-20-14(17)15(7-10-21-11-8-15)22(18,19)13-4-2-12(3-5-13)6-9-16;1-6-3-8(12)7-5-10(11(13)15)14(2)9(7)4-6/h2-5,16H,6-11H2,1H3;3-5H,1-2H3,(H2,13,15). The molecule has 1 aliphatic heterocycles. The first-order valence-electron chi connectivity index (χ1n) is 11.6. The zero-order chi connectivity index (χ0) is 27.4. The van der Waals surface area contributed by atoms with Crippen LogP contribution in [0.15, 0.2) is 47.4 Å². The quantitative estimate of drug-likeness (QED) is 0.450. The molecule has 0 atom stereocenters. The van der Waals surface area contributed by atoms with E-state index in [1.54, 1.807) is 29.8 Å². The summed E-state index contributed by atoms with van der Waals surface area (Å²) < 4.78 is 36.1. The lowest BCUT2D eigenvalue weighted by Gasteiger charge is -2.33. The highest BCUT2D eigenvalue weighted by Gasteiger charge is 2.53. The molecule has 0 saturated carbocycles. The number of benzene rings is 2. The largest absolute Gasteiger partial charge is 0.468 e. The summed E-state index contributed by atoms with van der Waals surface area (Å²) in [5.74, 6) is -1.18. The minimum atomic E-state index is -3.88. The number of aliphatic hydroxyl groups is 1. The number of nitrogens with zero attached hydrogens (tertiary/aromatic N) is 1. The smallest absolute Gasteiger partial charge is 0.327 e. The Morgan fingerprint density at radius 1 is 1.16 bits per heavy atom. The van der Waals surface area contributed by atoms with Crippen LogP contribution in [-0.2, 0) is 37.6 Å². The summed E-state index contributed by atoms with van der Waals surface area (Å²) in [6.45, 7) is 2.37. The number of aliphatic hydroxyl groups excluding tert-OH is 1. The van der Waals surface area contributed by atoms with Gasteiger partial charge in [-0.2, -0.15) is 0 Å². The van der Waals surface area contributed by atoms with Crippen molar-refractivity contribution in [3.63, 3.8) is 0 Å². The highest BCUT2D eigenvalue weighted by Crippen LogP contribution is 2.36. The minimum absolute atomic E-state index is 0.00443. The molecular weight excluding hydrogens is 520 g/mol. The van der Waals surface area contributed by atoms with Crippen LogP contribution in [0.5, 0.6) is 0 Å². The van der Waals surface area contributed by atoms with E-state index < -0.39 is 26.5 Å². The van der Waals surface area contributed by atoms with Crippen LogP contribution in [0.25, 0.3) is 10.9 Å². The molecule has 1 amide bonds. The number of nitrogens with two attached hydrogens (primary N) is 1. The second kappa shape index (κ2) is 11.6. The summed E-state index contributed by atoms with van der Waals surface area (Å²) in [4.78, 5) is 23.4. The lowest BCUT2D eigenvalue weighted by atomic mass is 9.99. The van der Waals surface area contributed by atoms with Crippen molar-refractivity contribution in [1.29, 1.82) is 0 Å². The van der Waals surface area contributed by atoms with E-state index in [1.165, 1.54) is 19.2 Å². The predicted molar refractivity (Wildman–Crippen MR) is 140 cm³/mol. The summed E-state index contributed by atoms with van der Waals surface area (Å²) in [5, 5.41) is 10.4. The number of aryl methyl sites for hydroxylation is 2. The number of esters is 1. The van der Waals surface area contributed by atoms with Gasteiger partial charge in [0.15, 0.2) is 14.6 Å². The Labute approximate surface area is 221 Å². The summed E-state index contributed by atoms with van der Waals surface area (Å²) in [6.07, 6.45) is 0.622. The number of carbonyl (C=O) groups excluding carboxylic acids is 2. The molecule has 0 spiro atoms. The zero-order valence-corrected chi connectivity index (χ0v) is 22.6. The number of primary amides is 1. The van der Waals surface area contributed by atoms with Gasteiger partial charge in [0.05, 0.1) is 22.5 Å². The lowest BCUT2D eigenvalue weighted by Crippen LogP contribution is -2.51. The van der Waals surface area contributed by atoms with E-state index >= 15 is 0 Å². The number of rotatable bonds is 6. The van der Waals surface area contributed by atoms with Crippen LogP contribution in [0.3, 0.4) is 0 Å². The third-order valence-electron chi connectivity index (χ3n) is 6.51. The Morgan fingerprint density at radius 3 is 2.32 bits per heavy atom. The number of ether oxygens (including phenoxy) is 2. The monoisotopic (exact) mass is 550 g/mol. The molecule has 0 bridgehead atoms. The molecule has 0 aliphatic carbocycles. The van der Waals surface area contributed by atoms with Gasteiger partial charge >= 0.3 is 5.97 Å². The normalized spacial score (nSPS) is 15.1. The van der Waals surface area contributed by atoms with Gasteiger partial charge < -0.3 is 24.9 Å². The molecule has 2 heterocycles. The Bertz CT molecular complexity index is 1390. The van der Waals surface area contributed by atoms with Crippen LogP contribution in [0.1, 0.15) is 34.5 Å². The van der Waals surface area contributed by atoms with E-state index in [0.717, 1.165) is 22.0 Å². The van der Waals surface area contributed by atoms with Gasteiger partial charge in [-0.3, -0.25) is 9.59 Å². The third-order valence-corrected chi connectivity index (χ3v) is 9.32. The van der Waals surface area contributed by atoms with Gasteiger partial charge in [-0.25, -0.2) is 8.42 Å². The Hall–Kier alpha value is -2.92. The molecule has 1 aromatic heterocycles. The summed E-state index contributed by atoms with van der Waals surface area (Å²) in [7, 11) is -0.886. The fourth-order valence-electron chi connectivity index (χ4n) is 4.41. The van der Waals surface area contributed by atoms with Crippen LogP contribution in [0, 0.1) is 6.92 Å². The molecule has 0 unspecified atom stereocenters. The van der Waals surface area contributed by atoms with Crippen molar-refractivity contribution < 1.29 is 32.6 Å². The van der Waals surface area contributed by atoms with Crippen LogP contribution in [0.2, 0.25) is 5.02 Å². The van der Waals surface area contributed by atoms with E-state index in [4.69, 9.17) is 31.9 Å². The first kappa shape index (κ1) is 28.6. The van der Waals surface area contributed by atoms with Crippen molar-refractivity contribution in [3.05, 3.63) is 64.3 Å². The highest BCUT2D eigenvalue weighted by molar-refractivity contribution is 7.93. The lowest BCUT2D eigenvalue weighted by molar-refractivity contribution is -0.146. The van der Waals surface area contributed by atoms with E-state index in [1.807, 2.05) is 19.1 Å². The van der Waals surface area contributed by atoms with E-state index in [-0.39, 0.29) is 37.6 Å². The van der Waals surface area contributed by atoms with Crippen molar-refractivity contribution >= 4 is 44.2 Å². The number of methoxy groups -OCH3 is 1. The SMILES string of the molecule is COC(=O)C1(S(=O)(=O)c2ccc(CCO)cc2)CCOCC1.Cc1cc(Cl)c2cc(C(N)=O)n(C)c2c1. The number of aromatic nitrogens is 1. The summed E-state index contributed by atoms with van der Waals surface area (Å²) in [5.41, 5.74) is 8.55. The number of halogens is 1. The summed E-state index contributed by atoms with van der Waals surface area (Å²) in [6, 6.07) is 11.8. The Morgan fingerprint density at radius 2 is 1.78 bits per heavy atom. The van der Waals surface area contributed by atoms with Gasteiger partial charge in [0, 0.05) is 45.1 Å². The molecule has 1 fully saturated rings. The van der Waals surface area contributed by atoms with E-state index in [0.29, 0.717) is 17.1 Å². The van der Waals surface area contributed by atoms with Crippen molar-refractivity contribution in [2.45, 2.75) is 35.8 Å². The Kier molecular flexibility index (Phi) is 9.01. The van der Waals surface area contributed by atoms with Crippen LogP contribution in [0.4, 0.5) is 0 Å². The van der Waals surface area contributed by atoms with Gasteiger partial charge in [-0.05, 0) is 54.8 Å². The molecule has 1 saturated heterocycles. The number of carbonyl (C=O) groups is 2. The van der Waals surface area contributed by atoms with E-state index in [9.17, 15) is 18.0 Å². The van der Waals surface area contributed by atoms with Gasteiger partial charge in [-0.15, -0.1) is 0 Å². The predicted octanol–water partition coefficient (Wildman–Crippen LogP) is 2.96. The van der Waals surface area contributed by atoms with Gasteiger partial charge in [-0.1, -0.05) is 23.7 Å². The molecule has 37 heavy (non-hydrogen) atoms. The minimum Gasteiger partial charge on any atom is -0.468 e. The fraction of sp³-hybridized carbons (Fsp3) is 0.385. The van der Waals surface area contributed by atoms with Gasteiger partial charge in [0.2, 0.25) is 0 Å². The van der Waals surface area contributed by atoms with Gasteiger partial charge in [0.1, 0.15) is 5.69 Å². The first-order chi connectivity index (χ1) is 17.5. The first-order valence-corrected chi connectivity index (χ1v) is 13.5. The van der Waals surface area contributed by atoms with E-state index in [2.05, 4.69) is 0 Å². The second-order valence-corrected chi connectivity index (χ2v) is 11.5. The molecule has 1 aliphatic rings. The van der Waals surface area contributed by atoms with Crippen molar-refractivity contribution in [2.24, 2.45) is 12.8 Å². The number of hydrogen-bond acceptors (Lipinski definition) is 7. The van der Waals surface area contributed by atoms with Crippen LogP contribution >= 0.6 is 11.6 Å². The van der Waals surface area contributed by atoms with Crippen LogP contribution < -0.4 is 5.73 Å². The maximum absolute atomic E-state index is 13.0. The zero-order valence-electron chi connectivity index (χ0n) is 21.0. The molecule has 11 heteroatoms. The molecule has 9 nitrogen and oxygen atoms in total. The van der Waals surface area contributed by atoms with Crippen molar-refractivity contribution in [3.8, 4) is 0 Å². The number of hydrogen-bond donors (Lipinski definition) is 2. The molecule has 3 aromatic rings. The molecule has 3 N–H and O–H groups in total. The summed E-state index contributed by atoms with van der Waals surface area (Å²) >= 11 is 6.09. The van der Waals surface area contributed by atoms with Crippen molar-refractivity contribution in [2.75, 3.05) is 26.9 Å². The average Bonchev–Trinajstić information content (AvgIpc) is 3.21. The maximum atomic E-state index is 13.0.